The Bertz CT molecular complexity index is 1170. The van der Waals surface area contributed by atoms with Crippen molar-refractivity contribution >= 4 is 21.9 Å². The van der Waals surface area contributed by atoms with Crippen LogP contribution in [0.25, 0.3) is 0 Å². The molecule has 0 saturated carbocycles. The number of methoxy groups -OCH3 is 3. The van der Waals surface area contributed by atoms with E-state index in [2.05, 4.69) is 61.8 Å². The number of halogens is 1. The molecule has 0 unspecified atom stereocenters. The minimum Gasteiger partial charge on any atom is -0.497 e. The Balaban J connectivity index is 2.29. The summed E-state index contributed by atoms with van der Waals surface area (Å²) in [5, 5.41) is 0. The van der Waals surface area contributed by atoms with Crippen LogP contribution in [0, 0.1) is 5.92 Å². The van der Waals surface area contributed by atoms with E-state index in [4.69, 9.17) is 33.2 Å². The molecule has 0 bridgehead atoms. The van der Waals surface area contributed by atoms with E-state index in [1.807, 2.05) is 43.3 Å². The quantitative estimate of drug-likeness (QED) is 0.0497. The number of hydrogen-bond donors (Lipinski definition) is 0. The first-order valence-electron chi connectivity index (χ1n) is 16.1. The molecule has 0 aliphatic carbocycles. The molecule has 46 heavy (non-hydrogen) atoms. The highest BCUT2D eigenvalue weighted by Crippen LogP contribution is 2.35. The second-order valence-electron chi connectivity index (χ2n) is 12.0. The number of carbonyl (C=O) groups is 1. The maximum absolute atomic E-state index is 12.6. The molecule has 0 aliphatic heterocycles. The summed E-state index contributed by atoms with van der Waals surface area (Å²) in [6.07, 6.45) is 3.64. The third-order valence-electron chi connectivity index (χ3n) is 8.29. The van der Waals surface area contributed by atoms with Gasteiger partial charge in [0.25, 0.3) is 0 Å². The Kier molecular flexibility index (Phi) is 18.7. The van der Waals surface area contributed by atoms with E-state index in [9.17, 15) is 4.79 Å². The third kappa shape index (κ3) is 13.8. The van der Waals surface area contributed by atoms with E-state index in [1.54, 1.807) is 21.3 Å². The van der Waals surface area contributed by atoms with Crippen LogP contribution < -0.4 is 4.74 Å². The Hall–Kier alpha value is -2.27. The number of esters is 1. The minimum absolute atomic E-state index is 0.188. The Labute approximate surface area is 285 Å². The van der Waals surface area contributed by atoms with Crippen LogP contribution in [0.15, 0.2) is 64.7 Å². The fourth-order valence-electron chi connectivity index (χ4n) is 5.10. The summed E-state index contributed by atoms with van der Waals surface area (Å²) in [7, 11) is 5.01. The number of benzene rings is 2. The van der Waals surface area contributed by atoms with Crippen molar-refractivity contribution in [3.63, 3.8) is 0 Å². The van der Waals surface area contributed by atoms with Gasteiger partial charge in [-0.2, -0.15) is 0 Å². The third-order valence-corrected chi connectivity index (χ3v) is 8.79. The van der Waals surface area contributed by atoms with Crippen molar-refractivity contribution in [2.24, 2.45) is 5.92 Å². The molecule has 0 radical (unpaired) electrons. The Morgan fingerprint density at radius 3 is 2.33 bits per heavy atom. The normalized spacial score (nSPS) is 14.8. The van der Waals surface area contributed by atoms with Crippen LogP contribution in [0.2, 0.25) is 0 Å². The summed E-state index contributed by atoms with van der Waals surface area (Å²) in [5.74, 6) is 0.754. The number of ether oxygens (including phenoxy) is 7. The molecular formula is C37H55BrO8. The van der Waals surface area contributed by atoms with E-state index in [1.165, 1.54) is 0 Å². The first-order chi connectivity index (χ1) is 22.1. The summed E-state index contributed by atoms with van der Waals surface area (Å²) in [6.45, 7) is 12.5. The van der Waals surface area contributed by atoms with Crippen molar-refractivity contribution < 1.29 is 38.0 Å². The van der Waals surface area contributed by atoms with Gasteiger partial charge in [0.1, 0.15) is 18.6 Å². The summed E-state index contributed by atoms with van der Waals surface area (Å²) in [4.78, 5) is 12.6. The predicted octanol–water partition coefficient (Wildman–Crippen LogP) is 8.05. The molecule has 0 spiro atoms. The predicted molar refractivity (Wildman–Crippen MR) is 185 cm³/mol. The van der Waals surface area contributed by atoms with Crippen molar-refractivity contribution in [3.05, 3.63) is 75.8 Å². The summed E-state index contributed by atoms with van der Waals surface area (Å²) >= 11 is 3.60. The molecule has 4 atom stereocenters. The second kappa shape index (κ2) is 21.6. The van der Waals surface area contributed by atoms with Crippen molar-refractivity contribution in [1.29, 1.82) is 0 Å². The van der Waals surface area contributed by atoms with Gasteiger partial charge in [0.15, 0.2) is 0 Å². The molecule has 0 saturated heterocycles. The van der Waals surface area contributed by atoms with Crippen LogP contribution in [0.3, 0.4) is 0 Å². The second-order valence-corrected chi connectivity index (χ2v) is 12.9. The number of hydrogen-bond acceptors (Lipinski definition) is 8. The molecule has 2 rings (SSSR count). The van der Waals surface area contributed by atoms with Crippen molar-refractivity contribution in [3.8, 4) is 5.75 Å². The lowest BCUT2D eigenvalue weighted by molar-refractivity contribution is -0.154. The van der Waals surface area contributed by atoms with E-state index in [0.717, 1.165) is 33.3 Å². The van der Waals surface area contributed by atoms with Crippen molar-refractivity contribution in [2.45, 2.75) is 90.6 Å². The van der Waals surface area contributed by atoms with E-state index in [0.29, 0.717) is 45.7 Å². The van der Waals surface area contributed by atoms with Gasteiger partial charge < -0.3 is 33.2 Å². The molecular weight excluding hydrogens is 652 g/mol. The van der Waals surface area contributed by atoms with Gasteiger partial charge in [-0.15, -0.1) is 0 Å². The SMILES string of the molecule is CCC(=O)O[C@@H](C[C@@H](C[C@H](OCc1ccc(OC)cc1)/C(C)=C\[C@@H](CC)COCOCCOC)OC)C(C)(C)c1cccc(Br)c1. The highest BCUT2D eigenvalue weighted by Gasteiger charge is 2.37. The van der Waals surface area contributed by atoms with Gasteiger partial charge in [0.05, 0.1) is 45.7 Å². The van der Waals surface area contributed by atoms with Gasteiger partial charge in [-0.3, -0.25) is 4.79 Å². The molecule has 0 aromatic heterocycles. The topological polar surface area (TPSA) is 81.7 Å². The first kappa shape index (κ1) is 39.9. The van der Waals surface area contributed by atoms with Gasteiger partial charge in [-0.25, -0.2) is 0 Å². The van der Waals surface area contributed by atoms with E-state index >= 15 is 0 Å². The molecule has 0 N–H and O–H groups in total. The zero-order chi connectivity index (χ0) is 34.0. The van der Waals surface area contributed by atoms with Crippen LogP contribution in [-0.2, 0) is 45.2 Å². The maximum Gasteiger partial charge on any atom is 0.305 e. The highest BCUT2D eigenvalue weighted by molar-refractivity contribution is 9.10. The average molecular weight is 708 g/mol. The standard InChI is InChI=1S/C37H55BrO8/c1-9-28(24-44-26-43-19-18-40-6)20-27(3)34(45-25-29-14-16-32(41-7)17-15-29)22-33(42-8)23-35(46-36(39)10-2)37(4,5)30-12-11-13-31(38)21-30/h11-17,20-21,28,33-35H,9-10,18-19,22-26H2,1-8H3/b27-20-/t28-,33-,34+,35+/m1/s1. The molecule has 2 aromatic carbocycles. The van der Waals surface area contributed by atoms with Gasteiger partial charge in [0, 0.05) is 49.3 Å². The molecule has 8 nitrogen and oxygen atoms in total. The van der Waals surface area contributed by atoms with Gasteiger partial charge in [0.2, 0.25) is 0 Å². The smallest absolute Gasteiger partial charge is 0.305 e. The lowest BCUT2D eigenvalue weighted by Gasteiger charge is -2.37. The summed E-state index contributed by atoms with van der Waals surface area (Å²) < 4.78 is 41.4. The van der Waals surface area contributed by atoms with Crippen LogP contribution in [0.5, 0.6) is 5.75 Å². The Morgan fingerprint density at radius 1 is 0.978 bits per heavy atom. The Morgan fingerprint density at radius 2 is 1.72 bits per heavy atom. The van der Waals surface area contributed by atoms with Crippen LogP contribution in [-0.4, -0.2) is 72.2 Å². The zero-order valence-corrected chi connectivity index (χ0v) is 30.6. The average Bonchev–Trinajstić information content (AvgIpc) is 3.06. The van der Waals surface area contributed by atoms with Crippen LogP contribution >= 0.6 is 15.9 Å². The number of rotatable bonds is 23. The molecule has 2 aromatic rings. The lowest BCUT2D eigenvalue weighted by atomic mass is 9.76. The molecule has 258 valence electrons. The summed E-state index contributed by atoms with van der Waals surface area (Å²) in [6, 6.07) is 16.0. The fourth-order valence-corrected chi connectivity index (χ4v) is 5.50. The monoisotopic (exact) mass is 706 g/mol. The number of carbonyl (C=O) groups excluding carboxylic acids is 1. The molecule has 0 amide bonds. The van der Waals surface area contributed by atoms with Crippen LogP contribution in [0.4, 0.5) is 0 Å². The van der Waals surface area contributed by atoms with E-state index < -0.39 is 11.5 Å². The molecule has 0 heterocycles. The van der Waals surface area contributed by atoms with Crippen molar-refractivity contribution in [2.75, 3.05) is 47.9 Å². The molecule has 9 heteroatoms. The fraction of sp³-hybridized carbons (Fsp3) is 0.595. The van der Waals surface area contributed by atoms with E-state index in [-0.39, 0.29) is 30.9 Å². The zero-order valence-electron chi connectivity index (χ0n) is 29.0. The minimum atomic E-state index is -0.467. The van der Waals surface area contributed by atoms with Crippen molar-refractivity contribution in [1.82, 2.24) is 0 Å². The summed E-state index contributed by atoms with van der Waals surface area (Å²) in [5.41, 5.74) is 2.75. The lowest BCUT2D eigenvalue weighted by Crippen LogP contribution is -2.41. The van der Waals surface area contributed by atoms with Gasteiger partial charge in [-0.1, -0.05) is 74.0 Å². The van der Waals surface area contributed by atoms with Crippen LogP contribution in [0.1, 0.15) is 71.4 Å². The highest BCUT2D eigenvalue weighted by atomic mass is 79.9. The molecule has 0 aliphatic rings. The van der Waals surface area contributed by atoms with Gasteiger partial charge >= 0.3 is 5.97 Å². The largest absolute Gasteiger partial charge is 0.497 e. The maximum atomic E-state index is 12.6. The molecule has 0 fully saturated rings. The first-order valence-corrected chi connectivity index (χ1v) is 16.9. The van der Waals surface area contributed by atoms with Gasteiger partial charge in [-0.05, 0) is 54.3 Å².